The molecule has 1 heterocycles. The van der Waals surface area contributed by atoms with Crippen LogP contribution >= 0.6 is 0 Å². The van der Waals surface area contributed by atoms with Gasteiger partial charge in [-0.05, 0) is 27.2 Å². The van der Waals surface area contributed by atoms with Gasteiger partial charge in [-0.25, -0.2) is 9.97 Å². The molecule has 0 aliphatic carbocycles. The number of nitrogens with one attached hydrogen (secondary N) is 1. The Morgan fingerprint density at radius 1 is 1.31 bits per heavy atom. The van der Waals surface area contributed by atoms with Gasteiger partial charge in [0.05, 0.1) is 11.7 Å². The zero-order valence-corrected chi connectivity index (χ0v) is 10.6. The largest absolute Gasteiger partial charge is 0.475 e. The fourth-order valence-corrected chi connectivity index (χ4v) is 1.52. The lowest BCUT2D eigenvalue weighted by Crippen LogP contribution is -2.12. The molecular weight excluding hydrogens is 202 g/mol. The number of anilines is 1. The van der Waals surface area contributed by atoms with Crippen LogP contribution in [-0.4, -0.2) is 22.6 Å². The lowest BCUT2D eigenvalue weighted by atomic mass is 10.1. The highest BCUT2D eigenvalue weighted by molar-refractivity contribution is 5.48. The van der Waals surface area contributed by atoms with E-state index in [2.05, 4.69) is 29.1 Å². The van der Waals surface area contributed by atoms with Crippen LogP contribution in [0.15, 0.2) is 6.33 Å². The molecule has 90 valence electrons. The minimum Gasteiger partial charge on any atom is -0.475 e. The van der Waals surface area contributed by atoms with Crippen molar-refractivity contribution >= 4 is 5.82 Å². The number of ether oxygens (including phenoxy) is 1. The highest BCUT2D eigenvalue weighted by atomic mass is 16.5. The Morgan fingerprint density at radius 3 is 2.62 bits per heavy atom. The summed E-state index contributed by atoms with van der Waals surface area (Å²) in [5.41, 5.74) is 1.08. The number of nitrogens with zero attached hydrogens (tertiary/aromatic N) is 2. The average Bonchev–Trinajstić information content (AvgIpc) is 2.22. The first-order valence-electron chi connectivity index (χ1n) is 5.93. The second-order valence-corrected chi connectivity index (χ2v) is 3.95. The van der Waals surface area contributed by atoms with Gasteiger partial charge in [-0.15, -0.1) is 0 Å². The van der Waals surface area contributed by atoms with Crippen LogP contribution in [0.2, 0.25) is 0 Å². The van der Waals surface area contributed by atoms with Crippen molar-refractivity contribution in [3.63, 3.8) is 0 Å². The molecule has 1 aromatic heterocycles. The van der Waals surface area contributed by atoms with Crippen LogP contribution in [0.25, 0.3) is 0 Å². The molecule has 4 nitrogen and oxygen atoms in total. The van der Waals surface area contributed by atoms with E-state index in [0.29, 0.717) is 5.88 Å². The Morgan fingerprint density at radius 2 is 2.06 bits per heavy atom. The van der Waals surface area contributed by atoms with Gasteiger partial charge in [0.15, 0.2) is 0 Å². The van der Waals surface area contributed by atoms with E-state index in [1.807, 2.05) is 13.8 Å². The van der Waals surface area contributed by atoms with Crippen molar-refractivity contribution < 1.29 is 4.74 Å². The van der Waals surface area contributed by atoms with E-state index >= 15 is 0 Å². The molecule has 0 spiro atoms. The second-order valence-electron chi connectivity index (χ2n) is 3.95. The summed E-state index contributed by atoms with van der Waals surface area (Å²) in [6.45, 7) is 9.06. The van der Waals surface area contributed by atoms with Crippen molar-refractivity contribution in [2.24, 2.45) is 0 Å². The molecule has 0 saturated heterocycles. The van der Waals surface area contributed by atoms with Gasteiger partial charge in [0.2, 0.25) is 5.88 Å². The summed E-state index contributed by atoms with van der Waals surface area (Å²) < 4.78 is 5.69. The third-order valence-electron chi connectivity index (χ3n) is 2.10. The summed E-state index contributed by atoms with van der Waals surface area (Å²) >= 11 is 0. The lowest BCUT2D eigenvalue weighted by molar-refractivity contribution is 0.229. The van der Waals surface area contributed by atoms with E-state index in [4.69, 9.17) is 4.74 Å². The van der Waals surface area contributed by atoms with Crippen molar-refractivity contribution in [3.8, 4) is 5.88 Å². The van der Waals surface area contributed by atoms with E-state index in [0.717, 1.165) is 30.8 Å². The first kappa shape index (κ1) is 12.7. The molecule has 0 fully saturated rings. The van der Waals surface area contributed by atoms with Crippen LogP contribution in [0.5, 0.6) is 5.88 Å². The summed E-state index contributed by atoms with van der Waals surface area (Å²) in [5, 5.41) is 3.24. The zero-order valence-electron chi connectivity index (χ0n) is 10.6. The van der Waals surface area contributed by atoms with Crippen LogP contribution < -0.4 is 10.1 Å². The Balaban J connectivity index is 3.00. The lowest BCUT2D eigenvalue weighted by Gasteiger charge is -2.15. The third-order valence-corrected chi connectivity index (χ3v) is 2.10. The summed E-state index contributed by atoms with van der Waals surface area (Å²) in [6, 6.07) is 0. The Bertz CT molecular complexity index is 326. The van der Waals surface area contributed by atoms with Gasteiger partial charge in [0, 0.05) is 6.54 Å². The van der Waals surface area contributed by atoms with E-state index in [9.17, 15) is 0 Å². The second kappa shape index (κ2) is 6.30. The van der Waals surface area contributed by atoms with Crippen LogP contribution in [0.4, 0.5) is 5.82 Å². The molecule has 0 amide bonds. The van der Waals surface area contributed by atoms with Gasteiger partial charge in [0.25, 0.3) is 0 Å². The molecule has 1 N–H and O–H groups in total. The molecule has 0 aliphatic heterocycles. The van der Waals surface area contributed by atoms with Gasteiger partial charge in [-0.1, -0.05) is 13.3 Å². The number of hydrogen-bond acceptors (Lipinski definition) is 4. The van der Waals surface area contributed by atoms with E-state index in [-0.39, 0.29) is 6.10 Å². The summed E-state index contributed by atoms with van der Waals surface area (Å²) in [7, 11) is 0. The minimum atomic E-state index is 0.139. The van der Waals surface area contributed by atoms with E-state index in [1.54, 1.807) is 6.33 Å². The molecule has 0 bridgehead atoms. The highest BCUT2D eigenvalue weighted by Gasteiger charge is 2.12. The van der Waals surface area contributed by atoms with E-state index < -0.39 is 0 Å². The predicted molar refractivity (Wildman–Crippen MR) is 66.0 cm³/mol. The molecule has 0 saturated carbocycles. The zero-order chi connectivity index (χ0) is 12.0. The average molecular weight is 223 g/mol. The van der Waals surface area contributed by atoms with Crippen molar-refractivity contribution in [1.29, 1.82) is 0 Å². The Hall–Kier alpha value is -1.32. The highest BCUT2D eigenvalue weighted by Crippen LogP contribution is 2.24. The number of rotatable bonds is 6. The fraction of sp³-hybridized carbons (Fsp3) is 0.667. The smallest absolute Gasteiger partial charge is 0.222 e. The molecule has 0 radical (unpaired) electrons. The molecule has 1 rings (SSSR count). The van der Waals surface area contributed by atoms with Gasteiger partial charge in [0.1, 0.15) is 12.1 Å². The predicted octanol–water partition coefficient (Wildman–Crippen LogP) is 2.65. The molecule has 0 aromatic carbocycles. The quantitative estimate of drug-likeness (QED) is 0.805. The number of aromatic nitrogens is 2. The molecule has 0 atom stereocenters. The topological polar surface area (TPSA) is 47.0 Å². The maximum atomic E-state index is 5.69. The van der Waals surface area contributed by atoms with Crippen molar-refractivity contribution in [3.05, 3.63) is 11.9 Å². The molecule has 1 aromatic rings. The minimum absolute atomic E-state index is 0.139. The van der Waals surface area contributed by atoms with Crippen molar-refractivity contribution in [1.82, 2.24) is 9.97 Å². The van der Waals surface area contributed by atoms with E-state index in [1.165, 1.54) is 0 Å². The monoisotopic (exact) mass is 223 g/mol. The van der Waals surface area contributed by atoms with Crippen LogP contribution in [0, 0.1) is 0 Å². The van der Waals surface area contributed by atoms with Crippen molar-refractivity contribution in [2.45, 2.75) is 46.6 Å². The maximum Gasteiger partial charge on any atom is 0.222 e. The molecule has 16 heavy (non-hydrogen) atoms. The third kappa shape index (κ3) is 3.36. The first-order chi connectivity index (χ1) is 7.69. The van der Waals surface area contributed by atoms with Crippen LogP contribution in [0.1, 0.15) is 39.7 Å². The first-order valence-corrected chi connectivity index (χ1v) is 5.93. The van der Waals surface area contributed by atoms with Crippen LogP contribution in [-0.2, 0) is 6.42 Å². The molecule has 0 aliphatic rings. The van der Waals surface area contributed by atoms with Gasteiger partial charge in [-0.3, -0.25) is 0 Å². The van der Waals surface area contributed by atoms with Crippen LogP contribution in [0.3, 0.4) is 0 Å². The summed E-state index contributed by atoms with van der Waals surface area (Å²) in [5.74, 6) is 1.61. The summed E-state index contributed by atoms with van der Waals surface area (Å²) in [6.07, 6.45) is 3.68. The number of hydrogen-bond donors (Lipinski definition) is 1. The maximum absolute atomic E-state index is 5.69. The normalized spacial score (nSPS) is 10.6. The van der Waals surface area contributed by atoms with Gasteiger partial charge < -0.3 is 10.1 Å². The van der Waals surface area contributed by atoms with Gasteiger partial charge >= 0.3 is 0 Å². The molecular formula is C12H21N3O. The fourth-order valence-electron chi connectivity index (χ4n) is 1.52. The molecule has 0 unspecified atom stereocenters. The Kier molecular flexibility index (Phi) is 5.02. The van der Waals surface area contributed by atoms with Gasteiger partial charge in [-0.2, -0.15) is 0 Å². The standard InChI is InChI=1S/C12H21N3O/c1-5-7-10-11(13-6-2)14-8-15-12(10)16-9(3)4/h8-9H,5-7H2,1-4H3,(H,13,14,15). The molecule has 4 heteroatoms. The Labute approximate surface area is 97.5 Å². The summed E-state index contributed by atoms with van der Waals surface area (Å²) in [4.78, 5) is 8.46. The van der Waals surface area contributed by atoms with Crippen molar-refractivity contribution in [2.75, 3.05) is 11.9 Å². The SMILES string of the molecule is CCCc1c(NCC)ncnc1OC(C)C.